The quantitative estimate of drug-likeness (QED) is 0.538. The molecule has 0 aliphatic rings. The fourth-order valence-corrected chi connectivity index (χ4v) is 3.14. The minimum absolute atomic E-state index is 0.944. The van der Waals surface area contributed by atoms with E-state index in [9.17, 15) is 0 Å². The molecule has 4 rings (SSSR count). The van der Waals surface area contributed by atoms with E-state index >= 15 is 0 Å². The Morgan fingerprint density at radius 1 is 0.870 bits per heavy atom. The fourth-order valence-electron chi connectivity index (χ4n) is 2.33. The maximum Gasteiger partial charge on any atom is 0.125 e. The van der Waals surface area contributed by atoms with E-state index < -0.39 is 0 Å². The van der Waals surface area contributed by atoms with Gasteiger partial charge in [0.2, 0.25) is 0 Å². The SMILES string of the molecule is C(=C\c1cnc(-c2cccnc2)s1)/c1ccc2ccccc2n1. The molecule has 110 valence electrons. The summed E-state index contributed by atoms with van der Waals surface area (Å²) in [7, 11) is 0. The van der Waals surface area contributed by atoms with Crippen molar-refractivity contribution in [3.8, 4) is 10.6 Å². The molecule has 0 bridgehead atoms. The number of nitrogens with zero attached hydrogens (tertiary/aromatic N) is 3. The van der Waals surface area contributed by atoms with E-state index in [0.717, 1.165) is 32.0 Å². The minimum Gasteiger partial charge on any atom is -0.264 e. The first-order chi connectivity index (χ1) is 11.4. The molecule has 1 aromatic carbocycles. The Morgan fingerprint density at radius 3 is 2.74 bits per heavy atom. The molecule has 3 nitrogen and oxygen atoms in total. The summed E-state index contributed by atoms with van der Waals surface area (Å²) in [6.07, 6.45) is 9.55. The van der Waals surface area contributed by atoms with E-state index in [4.69, 9.17) is 0 Å². The van der Waals surface area contributed by atoms with Crippen molar-refractivity contribution in [1.29, 1.82) is 0 Å². The van der Waals surface area contributed by atoms with Crippen LogP contribution >= 0.6 is 11.3 Å². The Hall–Kier alpha value is -2.85. The highest BCUT2D eigenvalue weighted by atomic mass is 32.1. The molecule has 0 saturated carbocycles. The first-order valence-corrected chi connectivity index (χ1v) is 8.10. The van der Waals surface area contributed by atoms with Crippen LogP contribution in [0.5, 0.6) is 0 Å². The summed E-state index contributed by atoms with van der Waals surface area (Å²) in [5.74, 6) is 0. The second kappa shape index (κ2) is 6.10. The Labute approximate surface area is 138 Å². The number of hydrogen-bond acceptors (Lipinski definition) is 4. The number of fused-ring (bicyclic) bond motifs is 1. The first kappa shape index (κ1) is 13.8. The van der Waals surface area contributed by atoms with Gasteiger partial charge in [-0.15, -0.1) is 11.3 Å². The number of para-hydroxylation sites is 1. The first-order valence-electron chi connectivity index (χ1n) is 7.29. The van der Waals surface area contributed by atoms with Gasteiger partial charge in [0.05, 0.1) is 11.2 Å². The molecule has 0 spiro atoms. The van der Waals surface area contributed by atoms with E-state index in [1.807, 2.05) is 54.9 Å². The molecule has 3 heterocycles. The number of thiazole rings is 1. The third-order valence-corrected chi connectivity index (χ3v) is 4.48. The highest BCUT2D eigenvalue weighted by Gasteiger charge is 2.02. The normalized spacial score (nSPS) is 11.3. The molecule has 0 unspecified atom stereocenters. The Balaban J connectivity index is 1.59. The van der Waals surface area contributed by atoms with E-state index in [1.165, 1.54) is 0 Å². The largest absolute Gasteiger partial charge is 0.264 e. The Morgan fingerprint density at radius 2 is 1.83 bits per heavy atom. The van der Waals surface area contributed by atoms with Crippen molar-refractivity contribution in [3.63, 3.8) is 0 Å². The molecule has 0 aliphatic carbocycles. The summed E-state index contributed by atoms with van der Waals surface area (Å²) in [4.78, 5) is 14.3. The number of pyridine rings is 2. The second-order valence-corrected chi connectivity index (χ2v) is 6.13. The predicted octanol–water partition coefficient (Wildman–Crippen LogP) is 4.92. The highest BCUT2D eigenvalue weighted by molar-refractivity contribution is 7.15. The lowest BCUT2D eigenvalue weighted by Crippen LogP contribution is -1.81. The maximum absolute atomic E-state index is 4.64. The van der Waals surface area contributed by atoms with Crippen LogP contribution in [0.1, 0.15) is 10.6 Å². The number of rotatable bonds is 3. The lowest BCUT2D eigenvalue weighted by molar-refractivity contribution is 1.31. The summed E-state index contributed by atoms with van der Waals surface area (Å²) < 4.78 is 0. The van der Waals surface area contributed by atoms with Crippen LogP contribution in [0.25, 0.3) is 33.6 Å². The van der Waals surface area contributed by atoms with Crippen LogP contribution in [-0.4, -0.2) is 15.0 Å². The van der Waals surface area contributed by atoms with Gasteiger partial charge in [-0.05, 0) is 36.4 Å². The molecule has 0 fully saturated rings. The summed E-state index contributed by atoms with van der Waals surface area (Å²) in [5.41, 5.74) is 3.00. The van der Waals surface area contributed by atoms with E-state index in [2.05, 4.69) is 33.2 Å². The molecule has 0 N–H and O–H groups in total. The average molecular weight is 315 g/mol. The molecular weight excluding hydrogens is 302 g/mol. The number of benzene rings is 1. The van der Waals surface area contributed by atoms with Crippen molar-refractivity contribution in [3.05, 3.63) is 77.7 Å². The topological polar surface area (TPSA) is 38.7 Å². The molecule has 0 saturated heterocycles. The number of hydrogen-bond donors (Lipinski definition) is 0. The zero-order valence-electron chi connectivity index (χ0n) is 12.3. The summed E-state index contributed by atoms with van der Waals surface area (Å²) in [5, 5.41) is 2.13. The second-order valence-electron chi connectivity index (χ2n) is 5.07. The van der Waals surface area contributed by atoms with Gasteiger partial charge in [-0.1, -0.05) is 24.3 Å². The van der Waals surface area contributed by atoms with Crippen LogP contribution in [0.4, 0.5) is 0 Å². The molecule has 0 amide bonds. The third-order valence-electron chi connectivity index (χ3n) is 3.47. The predicted molar refractivity (Wildman–Crippen MR) is 96.0 cm³/mol. The van der Waals surface area contributed by atoms with Crippen molar-refractivity contribution in [2.45, 2.75) is 0 Å². The molecule has 0 radical (unpaired) electrons. The van der Waals surface area contributed by atoms with Crippen LogP contribution in [0, 0.1) is 0 Å². The minimum atomic E-state index is 0.944. The van der Waals surface area contributed by atoms with E-state index in [-0.39, 0.29) is 0 Å². The van der Waals surface area contributed by atoms with Crippen molar-refractivity contribution < 1.29 is 0 Å². The van der Waals surface area contributed by atoms with Crippen molar-refractivity contribution in [2.75, 3.05) is 0 Å². The van der Waals surface area contributed by atoms with Crippen LogP contribution in [0.3, 0.4) is 0 Å². The van der Waals surface area contributed by atoms with Gasteiger partial charge in [-0.2, -0.15) is 0 Å². The van der Waals surface area contributed by atoms with Gasteiger partial charge in [-0.3, -0.25) is 4.98 Å². The van der Waals surface area contributed by atoms with Gasteiger partial charge in [0, 0.05) is 34.4 Å². The standard InChI is InChI=1S/C19H13N3S/c1-2-6-18-14(4-1)7-8-16(22-18)9-10-17-13-21-19(23-17)15-5-3-11-20-12-15/h1-13H/b10-9+. The summed E-state index contributed by atoms with van der Waals surface area (Å²) in [6.45, 7) is 0. The molecule has 0 atom stereocenters. The molecular formula is C19H13N3S. The summed E-state index contributed by atoms with van der Waals surface area (Å²) >= 11 is 1.64. The van der Waals surface area contributed by atoms with Crippen molar-refractivity contribution in [1.82, 2.24) is 15.0 Å². The van der Waals surface area contributed by atoms with E-state index in [1.54, 1.807) is 17.5 Å². The highest BCUT2D eigenvalue weighted by Crippen LogP contribution is 2.25. The smallest absolute Gasteiger partial charge is 0.125 e. The summed E-state index contributed by atoms with van der Waals surface area (Å²) in [6, 6.07) is 16.2. The average Bonchev–Trinajstić information content (AvgIpc) is 3.10. The van der Waals surface area contributed by atoms with E-state index in [0.29, 0.717) is 0 Å². The van der Waals surface area contributed by atoms with Gasteiger partial charge < -0.3 is 0 Å². The van der Waals surface area contributed by atoms with Crippen LogP contribution in [-0.2, 0) is 0 Å². The van der Waals surface area contributed by atoms with Gasteiger partial charge in [0.15, 0.2) is 0 Å². The zero-order valence-corrected chi connectivity index (χ0v) is 13.1. The Kier molecular flexibility index (Phi) is 3.66. The molecule has 0 aliphatic heterocycles. The van der Waals surface area contributed by atoms with Crippen LogP contribution in [0.15, 0.2) is 67.1 Å². The fraction of sp³-hybridized carbons (Fsp3) is 0. The van der Waals surface area contributed by atoms with Gasteiger partial charge in [-0.25, -0.2) is 9.97 Å². The maximum atomic E-state index is 4.64. The zero-order chi connectivity index (χ0) is 15.5. The van der Waals surface area contributed by atoms with Crippen molar-refractivity contribution >= 4 is 34.4 Å². The molecule has 4 aromatic rings. The lowest BCUT2D eigenvalue weighted by Gasteiger charge is -1.97. The molecule has 23 heavy (non-hydrogen) atoms. The molecule has 3 aromatic heterocycles. The van der Waals surface area contributed by atoms with Crippen LogP contribution in [0.2, 0.25) is 0 Å². The van der Waals surface area contributed by atoms with Gasteiger partial charge in [0.1, 0.15) is 5.01 Å². The van der Waals surface area contributed by atoms with Crippen LogP contribution < -0.4 is 0 Å². The van der Waals surface area contributed by atoms with Crippen molar-refractivity contribution in [2.24, 2.45) is 0 Å². The van der Waals surface area contributed by atoms with Gasteiger partial charge in [0.25, 0.3) is 0 Å². The van der Waals surface area contributed by atoms with Gasteiger partial charge >= 0.3 is 0 Å². The monoisotopic (exact) mass is 315 g/mol. The number of aromatic nitrogens is 3. The third kappa shape index (κ3) is 3.03. The Bertz CT molecular complexity index is 974. The lowest BCUT2D eigenvalue weighted by atomic mass is 10.2. The molecule has 4 heteroatoms.